The maximum absolute atomic E-state index is 8.96. The molecule has 0 amide bonds. The predicted octanol–water partition coefficient (Wildman–Crippen LogP) is 0.955. The second-order valence-electron chi connectivity index (χ2n) is 3.07. The summed E-state index contributed by atoms with van der Waals surface area (Å²) in [5.41, 5.74) is 0. The Hall–Kier alpha value is -0.0800. The van der Waals surface area contributed by atoms with Gasteiger partial charge in [-0.25, -0.2) is 0 Å². The Morgan fingerprint density at radius 3 is 2.00 bits per heavy atom. The van der Waals surface area contributed by atoms with Crippen molar-refractivity contribution in [2.45, 2.75) is 26.8 Å². The first kappa shape index (κ1) is 9.92. The van der Waals surface area contributed by atoms with Crippen LogP contribution in [0.3, 0.4) is 0 Å². The summed E-state index contributed by atoms with van der Waals surface area (Å²) in [5.74, 6) is 0.537. The van der Waals surface area contributed by atoms with Gasteiger partial charge in [0.15, 0.2) is 0 Å². The maximum Gasteiger partial charge on any atom is 0.0589 e. The summed E-state index contributed by atoms with van der Waals surface area (Å²) < 4.78 is 0. The van der Waals surface area contributed by atoms with Gasteiger partial charge in [0.25, 0.3) is 0 Å². The van der Waals surface area contributed by atoms with Crippen molar-refractivity contribution < 1.29 is 5.11 Å². The smallest absolute Gasteiger partial charge is 0.0589 e. The van der Waals surface area contributed by atoms with Gasteiger partial charge in [-0.2, -0.15) is 0 Å². The first-order valence-corrected chi connectivity index (χ1v) is 3.94. The lowest BCUT2D eigenvalue weighted by Gasteiger charge is -2.28. The van der Waals surface area contributed by atoms with Crippen molar-refractivity contribution in [2.24, 2.45) is 5.92 Å². The summed E-state index contributed by atoms with van der Waals surface area (Å²) in [6, 6.07) is 0.324. The standard InChI is InChI=1S/C8H19NO/c1-5-9(4)8(6-10)7(2)3/h7-8,10H,5-6H2,1-4H3. The van der Waals surface area contributed by atoms with E-state index < -0.39 is 0 Å². The first-order valence-electron chi connectivity index (χ1n) is 3.94. The molecule has 62 valence electrons. The molecule has 2 heteroatoms. The Bertz CT molecular complexity index is 83.3. The third kappa shape index (κ3) is 2.67. The van der Waals surface area contributed by atoms with Gasteiger partial charge in [0, 0.05) is 6.04 Å². The minimum atomic E-state index is 0.266. The third-order valence-corrected chi connectivity index (χ3v) is 2.02. The fraction of sp³-hybridized carbons (Fsp3) is 1.00. The van der Waals surface area contributed by atoms with Crippen molar-refractivity contribution in [1.82, 2.24) is 4.90 Å². The summed E-state index contributed by atoms with van der Waals surface area (Å²) in [6.07, 6.45) is 0. The second kappa shape index (κ2) is 4.69. The number of aliphatic hydroxyl groups is 1. The Morgan fingerprint density at radius 2 is 1.90 bits per heavy atom. The van der Waals surface area contributed by atoms with Crippen molar-refractivity contribution in [3.63, 3.8) is 0 Å². The summed E-state index contributed by atoms with van der Waals surface area (Å²) in [6.45, 7) is 7.64. The molecule has 0 aliphatic carbocycles. The molecule has 1 atom stereocenters. The van der Waals surface area contributed by atoms with E-state index in [2.05, 4.69) is 25.7 Å². The minimum Gasteiger partial charge on any atom is -0.395 e. The van der Waals surface area contributed by atoms with Crippen molar-refractivity contribution in [3.05, 3.63) is 0 Å². The quantitative estimate of drug-likeness (QED) is 0.637. The van der Waals surface area contributed by atoms with Gasteiger partial charge in [-0.15, -0.1) is 0 Å². The number of hydrogen-bond acceptors (Lipinski definition) is 2. The number of aliphatic hydroxyl groups excluding tert-OH is 1. The molecule has 0 fully saturated rings. The highest BCUT2D eigenvalue weighted by Gasteiger charge is 2.15. The van der Waals surface area contributed by atoms with Gasteiger partial charge in [0.2, 0.25) is 0 Å². The highest BCUT2D eigenvalue weighted by molar-refractivity contribution is 4.69. The van der Waals surface area contributed by atoms with Crippen LogP contribution in [-0.2, 0) is 0 Å². The average molecular weight is 145 g/mol. The number of rotatable bonds is 4. The zero-order valence-corrected chi connectivity index (χ0v) is 7.46. The van der Waals surface area contributed by atoms with Crippen LogP contribution in [0.15, 0.2) is 0 Å². The number of nitrogens with zero attached hydrogens (tertiary/aromatic N) is 1. The number of likely N-dealkylation sites (N-methyl/N-ethyl adjacent to an activating group) is 1. The lowest BCUT2D eigenvalue weighted by atomic mass is 10.0. The van der Waals surface area contributed by atoms with Gasteiger partial charge in [-0.1, -0.05) is 20.8 Å². The molecular formula is C8H19NO. The van der Waals surface area contributed by atoms with Crippen molar-refractivity contribution >= 4 is 0 Å². The molecule has 0 spiro atoms. The van der Waals surface area contributed by atoms with Crippen LogP contribution in [0, 0.1) is 5.92 Å². The van der Waals surface area contributed by atoms with Crippen LogP contribution >= 0.6 is 0 Å². The maximum atomic E-state index is 8.96. The molecule has 10 heavy (non-hydrogen) atoms. The average Bonchev–Trinajstić information content (AvgIpc) is 1.88. The normalized spacial score (nSPS) is 14.7. The largest absolute Gasteiger partial charge is 0.395 e. The number of hydrogen-bond donors (Lipinski definition) is 1. The molecule has 0 bridgehead atoms. The molecule has 0 aromatic rings. The van der Waals surface area contributed by atoms with E-state index in [1.807, 2.05) is 7.05 Å². The third-order valence-electron chi connectivity index (χ3n) is 2.02. The van der Waals surface area contributed by atoms with E-state index in [0.29, 0.717) is 12.0 Å². The van der Waals surface area contributed by atoms with Gasteiger partial charge in [-0.05, 0) is 19.5 Å². The van der Waals surface area contributed by atoms with Crippen LogP contribution in [0.4, 0.5) is 0 Å². The van der Waals surface area contributed by atoms with Crippen LogP contribution in [-0.4, -0.2) is 36.2 Å². The Balaban J connectivity index is 3.80. The molecule has 0 radical (unpaired) electrons. The zero-order chi connectivity index (χ0) is 8.15. The molecule has 1 unspecified atom stereocenters. The fourth-order valence-corrected chi connectivity index (χ4v) is 1.09. The van der Waals surface area contributed by atoms with Gasteiger partial charge in [0.1, 0.15) is 0 Å². The zero-order valence-electron chi connectivity index (χ0n) is 7.46. The van der Waals surface area contributed by atoms with E-state index in [0.717, 1.165) is 6.54 Å². The van der Waals surface area contributed by atoms with E-state index in [9.17, 15) is 0 Å². The Kier molecular flexibility index (Phi) is 4.65. The SMILES string of the molecule is CCN(C)C(CO)C(C)C. The molecular weight excluding hydrogens is 126 g/mol. The molecule has 0 aliphatic rings. The van der Waals surface area contributed by atoms with Gasteiger partial charge >= 0.3 is 0 Å². The van der Waals surface area contributed by atoms with E-state index in [1.54, 1.807) is 0 Å². The van der Waals surface area contributed by atoms with E-state index in [1.165, 1.54) is 0 Å². The summed E-state index contributed by atoms with van der Waals surface area (Å²) in [5, 5.41) is 8.96. The van der Waals surface area contributed by atoms with Crippen molar-refractivity contribution in [2.75, 3.05) is 20.2 Å². The second-order valence-corrected chi connectivity index (χ2v) is 3.07. The van der Waals surface area contributed by atoms with Crippen molar-refractivity contribution in [1.29, 1.82) is 0 Å². The fourth-order valence-electron chi connectivity index (χ4n) is 1.09. The molecule has 0 saturated heterocycles. The minimum absolute atomic E-state index is 0.266. The molecule has 0 heterocycles. The van der Waals surface area contributed by atoms with Gasteiger partial charge in [-0.3, -0.25) is 0 Å². The molecule has 2 nitrogen and oxygen atoms in total. The van der Waals surface area contributed by atoms with Crippen LogP contribution in [0.1, 0.15) is 20.8 Å². The monoisotopic (exact) mass is 145 g/mol. The Morgan fingerprint density at radius 1 is 1.40 bits per heavy atom. The van der Waals surface area contributed by atoms with Crippen LogP contribution < -0.4 is 0 Å². The van der Waals surface area contributed by atoms with E-state index in [-0.39, 0.29) is 6.61 Å². The van der Waals surface area contributed by atoms with Crippen LogP contribution in [0.5, 0.6) is 0 Å². The molecule has 0 saturated carbocycles. The van der Waals surface area contributed by atoms with Crippen molar-refractivity contribution in [3.8, 4) is 0 Å². The van der Waals surface area contributed by atoms with Gasteiger partial charge in [0.05, 0.1) is 6.61 Å². The van der Waals surface area contributed by atoms with Crippen LogP contribution in [0.25, 0.3) is 0 Å². The first-order chi connectivity index (χ1) is 4.63. The summed E-state index contributed by atoms with van der Waals surface area (Å²) in [7, 11) is 2.04. The van der Waals surface area contributed by atoms with Gasteiger partial charge < -0.3 is 10.0 Å². The molecule has 0 aromatic heterocycles. The molecule has 0 aromatic carbocycles. The Labute approximate surface area is 63.8 Å². The predicted molar refractivity (Wildman–Crippen MR) is 44.0 cm³/mol. The van der Waals surface area contributed by atoms with E-state index >= 15 is 0 Å². The molecule has 0 rings (SSSR count). The highest BCUT2D eigenvalue weighted by Crippen LogP contribution is 2.06. The van der Waals surface area contributed by atoms with Crippen LogP contribution in [0.2, 0.25) is 0 Å². The molecule has 0 aliphatic heterocycles. The summed E-state index contributed by atoms with van der Waals surface area (Å²) >= 11 is 0. The topological polar surface area (TPSA) is 23.5 Å². The lowest BCUT2D eigenvalue weighted by Crippen LogP contribution is -2.38. The molecule has 1 N–H and O–H groups in total. The lowest BCUT2D eigenvalue weighted by molar-refractivity contribution is 0.117. The highest BCUT2D eigenvalue weighted by atomic mass is 16.3. The van der Waals surface area contributed by atoms with E-state index in [4.69, 9.17) is 5.11 Å². The summed E-state index contributed by atoms with van der Waals surface area (Å²) in [4.78, 5) is 2.17.